The Hall–Kier alpha value is -3.64. The Morgan fingerprint density at radius 1 is 1.06 bits per heavy atom. The van der Waals surface area contributed by atoms with Gasteiger partial charge in [-0.1, -0.05) is 53.6 Å². The lowest BCUT2D eigenvalue weighted by atomic mass is 9.98. The number of amides is 2. The molecule has 0 aromatic heterocycles. The molecule has 1 aliphatic rings. The van der Waals surface area contributed by atoms with E-state index in [4.69, 9.17) is 16.3 Å². The zero-order valence-electron chi connectivity index (χ0n) is 17.7. The van der Waals surface area contributed by atoms with Crippen LogP contribution in [0.25, 0.3) is 0 Å². The van der Waals surface area contributed by atoms with Crippen molar-refractivity contribution >= 4 is 29.6 Å². The zero-order valence-corrected chi connectivity index (χ0v) is 18.5. The number of nitrogens with zero attached hydrogens (tertiary/aromatic N) is 1. The third kappa shape index (κ3) is 4.50. The molecule has 0 aliphatic carbocycles. The Bertz CT molecular complexity index is 1170. The van der Waals surface area contributed by atoms with Crippen molar-refractivity contribution in [1.82, 2.24) is 10.7 Å². The Balaban J connectivity index is 1.72. The van der Waals surface area contributed by atoms with Crippen molar-refractivity contribution in [1.29, 1.82) is 0 Å². The molecule has 162 valence electrons. The van der Waals surface area contributed by atoms with Crippen molar-refractivity contribution in [2.24, 2.45) is 0 Å². The van der Waals surface area contributed by atoms with Crippen LogP contribution in [-0.2, 0) is 4.79 Å². The maximum absolute atomic E-state index is 13.0. The van der Waals surface area contributed by atoms with Gasteiger partial charge in [0.15, 0.2) is 6.04 Å². The second-order valence-corrected chi connectivity index (χ2v) is 8.00. The van der Waals surface area contributed by atoms with Crippen molar-refractivity contribution in [3.63, 3.8) is 0 Å². The molecule has 1 fully saturated rings. The lowest BCUT2D eigenvalue weighted by Crippen LogP contribution is -2.42. The molecule has 0 radical (unpaired) electrons. The molecular formula is C25H23ClN3O3+. The molecule has 0 unspecified atom stereocenters. The summed E-state index contributed by atoms with van der Waals surface area (Å²) >= 11 is 5.93. The summed E-state index contributed by atoms with van der Waals surface area (Å²) in [4.78, 5) is 25.8. The maximum Gasteiger partial charge on any atom is 0.304 e. The number of hydrazone groups is 1. The van der Waals surface area contributed by atoms with E-state index in [2.05, 4.69) is 10.7 Å². The van der Waals surface area contributed by atoms with Gasteiger partial charge in [-0.25, -0.2) is 0 Å². The maximum atomic E-state index is 13.0. The predicted octanol–water partition coefficient (Wildman–Crippen LogP) is 3.67. The second-order valence-electron chi connectivity index (χ2n) is 7.57. The van der Waals surface area contributed by atoms with Gasteiger partial charge in [-0.05, 0) is 43.3 Å². The van der Waals surface area contributed by atoms with Crippen molar-refractivity contribution in [3.05, 3.63) is 100 Å². The molecule has 0 saturated carbocycles. The molecule has 32 heavy (non-hydrogen) atoms. The van der Waals surface area contributed by atoms with E-state index in [9.17, 15) is 9.59 Å². The number of halogens is 1. The highest BCUT2D eigenvalue weighted by molar-refractivity contribution is 6.30. The SMILES string of the molecule is COc1ccccc1/C=[N+]1\NC(=O)[C@@H](NC(=O)c2ccc(Cl)cc2)[C@@H]1c1ccc(C)cc1. The highest BCUT2D eigenvalue weighted by Crippen LogP contribution is 2.27. The van der Waals surface area contributed by atoms with Crippen molar-refractivity contribution in [2.45, 2.75) is 19.0 Å². The van der Waals surface area contributed by atoms with Gasteiger partial charge in [0.1, 0.15) is 5.75 Å². The summed E-state index contributed by atoms with van der Waals surface area (Å²) in [5, 5.41) is 3.42. The molecule has 4 rings (SSSR count). The number of hydrogen-bond acceptors (Lipinski definition) is 3. The topological polar surface area (TPSA) is 70.4 Å². The van der Waals surface area contributed by atoms with Gasteiger partial charge in [-0.2, -0.15) is 0 Å². The molecule has 6 nitrogen and oxygen atoms in total. The normalized spacial score (nSPS) is 19.0. The number of para-hydroxylation sites is 1. The fraction of sp³-hybridized carbons (Fsp3) is 0.160. The molecule has 1 aliphatic heterocycles. The van der Waals surface area contributed by atoms with E-state index < -0.39 is 12.1 Å². The highest BCUT2D eigenvalue weighted by atomic mass is 35.5. The van der Waals surface area contributed by atoms with Crippen molar-refractivity contribution in [3.8, 4) is 5.75 Å². The Labute approximate surface area is 191 Å². The van der Waals surface area contributed by atoms with Gasteiger partial charge in [-0.3, -0.25) is 9.59 Å². The first-order chi connectivity index (χ1) is 15.5. The van der Waals surface area contributed by atoms with E-state index in [0.717, 1.165) is 16.7 Å². The summed E-state index contributed by atoms with van der Waals surface area (Å²) < 4.78 is 7.17. The first-order valence-corrected chi connectivity index (χ1v) is 10.5. The molecule has 1 heterocycles. The third-order valence-electron chi connectivity index (χ3n) is 5.37. The van der Waals surface area contributed by atoms with Crippen LogP contribution in [0.1, 0.15) is 33.1 Å². The van der Waals surface area contributed by atoms with Crippen LogP contribution in [-0.4, -0.2) is 35.9 Å². The van der Waals surface area contributed by atoms with Crippen LogP contribution in [0, 0.1) is 6.92 Å². The number of benzene rings is 3. The minimum Gasteiger partial charge on any atom is -0.496 e. The van der Waals surface area contributed by atoms with Gasteiger partial charge in [0.05, 0.1) is 12.7 Å². The molecule has 0 spiro atoms. The zero-order chi connectivity index (χ0) is 22.7. The van der Waals surface area contributed by atoms with Gasteiger partial charge < -0.3 is 10.1 Å². The molecule has 3 aromatic carbocycles. The molecule has 3 aromatic rings. The molecule has 2 N–H and O–H groups in total. The van der Waals surface area contributed by atoms with Crippen LogP contribution in [0.3, 0.4) is 0 Å². The van der Waals surface area contributed by atoms with E-state index in [1.807, 2.05) is 61.7 Å². The fourth-order valence-electron chi connectivity index (χ4n) is 3.69. The molecular weight excluding hydrogens is 426 g/mol. The minimum atomic E-state index is -0.799. The van der Waals surface area contributed by atoms with E-state index in [1.165, 1.54) is 0 Å². The first kappa shape index (κ1) is 21.6. The van der Waals surface area contributed by atoms with E-state index in [1.54, 1.807) is 36.1 Å². The van der Waals surface area contributed by atoms with Gasteiger partial charge >= 0.3 is 5.91 Å². The third-order valence-corrected chi connectivity index (χ3v) is 5.62. The molecule has 2 amide bonds. The largest absolute Gasteiger partial charge is 0.496 e. The van der Waals surface area contributed by atoms with Crippen LogP contribution in [0.15, 0.2) is 72.8 Å². The van der Waals surface area contributed by atoms with Crippen LogP contribution < -0.4 is 15.5 Å². The first-order valence-electron chi connectivity index (χ1n) is 10.2. The van der Waals surface area contributed by atoms with Crippen molar-refractivity contribution in [2.75, 3.05) is 7.11 Å². The fourth-order valence-corrected chi connectivity index (χ4v) is 3.82. The average Bonchev–Trinajstić information content (AvgIpc) is 3.09. The summed E-state index contributed by atoms with van der Waals surface area (Å²) in [6.07, 6.45) is 1.82. The standard InChI is InChI=1S/C25H22ClN3O3/c1-16-7-9-17(10-8-16)23-22(27-24(30)18-11-13-20(26)14-12-18)25(31)28-29(23)15-19-5-3-4-6-21(19)32-2/h3-15,22-23H,1-2H3,(H-,27,28,30,31)/p+1/b29-15-/t22-,23-/m0/s1. The van der Waals surface area contributed by atoms with E-state index in [0.29, 0.717) is 16.3 Å². The monoisotopic (exact) mass is 448 g/mol. The number of hydrogen-bond donors (Lipinski definition) is 2. The van der Waals surface area contributed by atoms with Crippen molar-refractivity contribution < 1.29 is 19.0 Å². The second kappa shape index (κ2) is 9.24. The number of aryl methyl sites for hydroxylation is 1. The summed E-state index contributed by atoms with van der Waals surface area (Å²) in [5.41, 5.74) is 6.11. The summed E-state index contributed by atoms with van der Waals surface area (Å²) in [6, 6.07) is 20.7. The van der Waals surface area contributed by atoms with E-state index >= 15 is 0 Å². The number of carbonyl (C=O) groups excluding carboxylic acids is 2. The summed E-state index contributed by atoms with van der Waals surface area (Å²) in [7, 11) is 1.60. The number of carbonyl (C=O) groups is 2. The summed E-state index contributed by atoms with van der Waals surface area (Å²) in [5.74, 6) is 0.0279. The minimum absolute atomic E-state index is 0.302. The number of rotatable bonds is 5. The lowest BCUT2D eigenvalue weighted by Gasteiger charge is -2.15. The number of ether oxygens (including phenoxy) is 1. The predicted molar refractivity (Wildman–Crippen MR) is 123 cm³/mol. The van der Waals surface area contributed by atoms with Crippen LogP contribution in [0.2, 0.25) is 5.02 Å². The number of hydrazine groups is 1. The van der Waals surface area contributed by atoms with Gasteiger partial charge in [-0.15, -0.1) is 10.1 Å². The number of methoxy groups -OCH3 is 1. The van der Waals surface area contributed by atoms with Crippen LogP contribution in [0.5, 0.6) is 5.75 Å². The van der Waals surface area contributed by atoms with Gasteiger partial charge in [0, 0.05) is 16.1 Å². The molecule has 7 heteroatoms. The van der Waals surface area contributed by atoms with Crippen LogP contribution >= 0.6 is 11.6 Å². The highest BCUT2D eigenvalue weighted by Gasteiger charge is 2.47. The summed E-state index contributed by atoms with van der Waals surface area (Å²) in [6.45, 7) is 2.00. The quantitative estimate of drug-likeness (QED) is 0.585. The van der Waals surface area contributed by atoms with Crippen LogP contribution in [0.4, 0.5) is 0 Å². The Morgan fingerprint density at radius 2 is 1.75 bits per heavy atom. The lowest BCUT2D eigenvalue weighted by molar-refractivity contribution is -0.596. The molecule has 0 bridgehead atoms. The molecule has 1 saturated heterocycles. The Morgan fingerprint density at radius 3 is 2.44 bits per heavy atom. The molecule has 2 atom stereocenters. The number of nitrogens with one attached hydrogen (secondary N) is 2. The van der Waals surface area contributed by atoms with Gasteiger partial charge in [0.2, 0.25) is 12.3 Å². The average molecular weight is 449 g/mol. The Kier molecular flexibility index (Phi) is 6.23. The van der Waals surface area contributed by atoms with E-state index in [-0.39, 0.29) is 11.8 Å². The smallest absolute Gasteiger partial charge is 0.304 e. The van der Waals surface area contributed by atoms with Gasteiger partial charge in [0.25, 0.3) is 5.91 Å².